The molecule has 1 N–H and O–H groups in total. The summed E-state index contributed by atoms with van der Waals surface area (Å²) in [5.41, 5.74) is 0.940. The molecule has 192 valence electrons. The van der Waals surface area contributed by atoms with Crippen LogP contribution >= 0.6 is 11.6 Å². The fraction of sp³-hybridized carbons (Fsp3) is 0.276. The summed E-state index contributed by atoms with van der Waals surface area (Å²) in [5.74, 6) is 0.217. The Balaban J connectivity index is 1.88. The second kappa shape index (κ2) is 11.6. The van der Waals surface area contributed by atoms with Crippen molar-refractivity contribution in [2.45, 2.75) is 39.7 Å². The maximum absolute atomic E-state index is 14.4. The van der Waals surface area contributed by atoms with Gasteiger partial charge >= 0.3 is 6.03 Å². The predicted octanol–water partition coefficient (Wildman–Crippen LogP) is 7.21. The molecule has 1 atom stereocenters. The Bertz CT molecular complexity index is 1470. The number of anilines is 1. The second-order valence-electron chi connectivity index (χ2n) is 9.32. The fourth-order valence-electron chi connectivity index (χ4n) is 4.33. The highest BCUT2D eigenvalue weighted by molar-refractivity contribution is 6.30. The Morgan fingerprint density at radius 2 is 1.81 bits per heavy atom. The van der Waals surface area contributed by atoms with E-state index in [0.717, 1.165) is 6.42 Å². The van der Waals surface area contributed by atoms with E-state index < -0.39 is 17.9 Å². The third-order valence-electron chi connectivity index (χ3n) is 6.25. The highest BCUT2D eigenvalue weighted by atomic mass is 35.5. The zero-order valence-corrected chi connectivity index (χ0v) is 21.9. The van der Waals surface area contributed by atoms with Gasteiger partial charge in [-0.3, -0.25) is 9.36 Å². The lowest BCUT2D eigenvalue weighted by Crippen LogP contribution is -2.41. The highest BCUT2D eigenvalue weighted by Gasteiger charge is 2.29. The van der Waals surface area contributed by atoms with Crippen LogP contribution in [0.2, 0.25) is 5.02 Å². The average molecular weight is 521 g/mol. The minimum atomic E-state index is -0.568. The molecule has 1 heterocycles. The van der Waals surface area contributed by atoms with Crippen molar-refractivity contribution in [3.63, 3.8) is 0 Å². The molecule has 1 unspecified atom stereocenters. The molecule has 0 saturated carbocycles. The van der Waals surface area contributed by atoms with Gasteiger partial charge in [-0.15, -0.1) is 0 Å². The number of amides is 2. The van der Waals surface area contributed by atoms with E-state index in [-0.39, 0.29) is 11.2 Å². The van der Waals surface area contributed by atoms with E-state index in [4.69, 9.17) is 16.6 Å². The molecule has 4 rings (SSSR count). The Morgan fingerprint density at radius 3 is 2.51 bits per heavy atom. The smallest absolute Gasteiger partial charge is 0.314 e. The Hall–Kier alpha value is -3.71. The van der Waals surface area contributed by atoms with Gasteiger partial charge in [-0.05, 0) is 61.2 Å². The van der Waals surface area contributed by atoms with E-state index in [2.05, 4.69) is 19.2 Å². The highest BCUT2D eigenvalue weighted by Crippen LogP contribution is 2.28. The number of aromatic nitrogens is 2. The van der Waals surface area contributed by atoms with Gasteiger partial charge in [0.25, 0.3) is 5.56 Å². The van der Waals surface area contributed by atoms with Crippen LogP contribution in [0.1, 0.15) is 45.5 Å². The molecule has 0 saturated heterocycles. The topological polar surface area (TPSA) is 67.2 Å². The number of rotatable bonds is 8. The lowest BCUT2D eigenvalue weighted by atomic mass is 10.1. The number of urea groups is 1. The summed E-state index contributed by atoms with van der Waals surface area (Å²) in [6, 6.07) is 19.2. The lowest BCUT2D eigenvalue weighted by molar-refractivity contribution is 0.176. The van der Waals surface area contributed by atoms with E-state index >= 15 is 0 Å². The van der Waals surface area contributed by atoms with Gasteiger partial charge in [0.1, 0.15) is 11.6 Å². The monoisotopic (exact) mass is 520 g/mol. The van der Waals surface area contributed by atoms with E-state index in [9.17, 15) is 14.0 Å². The fourth-order valence-corrected chi connectivity index (χ4v) is 4.51. The van der Waals surface area contributed by atoms with Gasteiger partial charge in [-0.2, -0.15) is 0 Å². The van der Waals surface area contributed by atoms with Gasteiger partial charge in [0.05, 0.1) is 28.3 Å². The number of hydrogen-bond acceptors (Lipinski definition) is 3. The molecule has 0 aliphatic heterocycles. The van der Waals surface area contributed by atoms with Gasteiger partial charge in [0, 0.05) is 11.6 Å². The summed E-state index contributed by atoms with van der Waals surface area (Å²) in [6.07, 6.45) is 1.20. The van der Waals surface area contributed by atoms with E-state index in [0.29, 0.717) is 46.3 Å². The quantitative estimate of drug-likeness (QED) is 0.267. The van der Waals surface area contributed by atoms with Crippen molar-refractivity contribution < 1.29 is 9.18 Å². The van der Waals surface area contributed by atoms with E-state index in [1.54, 1.807) is 59.5 Å². The SMILES string of the molecule is CCC(c1nc2ccccc2c(=O)n1-c1cccc(Cl)c1)N(CCC(C)C)C(=O)Nc1ccccc1F. The average Bonchev–Trinajstić information content (AvgIpc) is 2.87. The Kier molecular flexibility index (Phi) is 8.24. The van der Waals surface area contributed by atoms with Crippen LogP contribution in [0.15, 0.2) is 77.6 Å². The molecule has 6 nitrogen and oxygen atoms in total. The maximum atomic E-state index is 14.4. The van der Waals surface area contributed by atoms with Gasteiger partial charge < -0.3 is 10.2 Å². The van der Waals surface area contributed by atoms with Crippen molar-refractivity contribution in [1.29, 1.82) is 0 Å². The standard InChI is InChI=1S/C29H30ClFN4O2/c1-4-26(34(17-16-19(2)3)29(37)33-25-15-8-6-13-23(25)31)27-32-24-14-7-5-12-22(24)28(36)35(27)21-11-9-10-20(30)18-21/h5-15,18-19,26H,4,16-17H2,1-3H3,(H,33,37). The van der Waals surface area contributed by atoms with Crippen LogP contribution in [0.25, 0.3) is 16.6 Å². The van der Waals surface area contributed by atoms with Crippen LogP contribution < -0.4 is 10.9 Å². The molecular weight excluding hydrogens is 491 g/mol. The van der Waals surface area contributed by atoms with Crippen LogP contribution in [0, 0.1) is 11.7 Å². The summed E-state index contributed by atoms with van der Waals surface area (Å²) in [5, 5.41) is 3.66. The minimum absolute atomic E-state index is 0.0932. The molecular formula is C29H30ClFN4O2. The molecule has 1 aromatic heterocycles. The summed E-state index contributed by atoms with van der Waals surface area (Å²) in [4.78, 5) is 33.9. The van der Waals surface area contributed by atoms with Crippen LogP contribution in [-0.4, -0.2) is 27.0 Å². The first-order chi connectivity index (χ1) is 17.8. The molecule has 3 aromatic carbocycles. The number of carbonyl (C=O) groups excluding carboxylic acids is 1. The van der Waals surface area contributed by atoms with Gasteiger partial charge in [0.2, 0.25) is 0 Å². The number of halogens is 2. The molecule has 0 fully saturated rings. The summed E-state index contributed by atoms with van der Waals surface area (Å²) >= 11 is 6.29. The molecule has 0 aliphatic rings. The zero-order valence-electron chi connectivity index (χ0n) is 21.1. The van der Waals surface area contributed by atoms with Gasteiger partial charge in [0.15, 0.2) is 0 Å². The molecule has 0 spiro atoms. The number of carbonyl (C=O) groups is 1. The Labute approximate surface area is 220 Å². The summed E-state index contributed by atoms with van der Waals surface area (Å²) < 4.78 is 15.9. The van der Waals surface area contributed by atoms with Crippen molar-refractivity contribution in [3.8, 4) is 5.69 Å². The van der Waals surface area contributed by atoms with Crippen LogP contribution in [-0.2, 0) is 0 Å². The normalized spacial score (nSPS) is 12.1. The molecule has 8 heteroatoms. The number of nitrogens with zero attached hydrogens (tertiary/aromatic N) is 3. The summed E-state index contributed by atoms with van der Waals surface area (Å²) in [6.45, 7) is 6.48. The number of fused-ring (bicyclic) bond motifs is 1. The third-order valence-corrected chi connectivity index (χ3v) is 6.49. The maximum Gasteiger partial charge on any atom is 0.322 e. The number of nitrogens with one attached hydrogen (secondary N) is 1. The molecule has 0 radical (unpaired) electrons. The van der Waals surface area contributed by atoms with Crippen molar-refractivity contribution in [2.75, 3.05) is 11.9 Å². The first-order valence-electron chi connectivity index (χ1n) is 12.4. The first kappa shape index (κ1) is 26.4. The van der Waals surface area contributed by atoms with E-state index in [1.165, 1.54) is 16.7 Å². The zero-order chi connectivity index (χ0) is 26.5. The number of benzene rings is 3. The molecule has 37 heavy (non-hydrogen) atoms. The predicted molar refractivity (Wildman–Crippen MR) is 147 cm³/mol. The van der Waals surface area contributed by atoms with Gasteiger partial charge in [-0.1, -0.05) is 62.7 Å². The summed E-state index contributed by atoms with van der Waals surface area (Å²) in [7, 11) is 0. The largest absolute Gasteiger partial charge is 0.322 e. The van der Waals surface area contributed by atoms with Gasteiger partial charge in [-0.25, -0.2) is 14.2 Å². The number of hydrogen-bond donors (Lipinski definition) is 1. The third kappa shape index (κ3) is 5.83. The van der Waals surface area contributed by atoms with Crippen molar-refractivity contribution >= 4 is 34.2 Å². The van der Waals surface area contributed by atoms with E-state index in [1.807, 2.05) is 13.0 Å². The molecule has 4 aromatic rings. The van der Waals surface area contributed by atoms with Crippen LogP contribution in [0.4, 0.5) is 14.9 Å². The van der Waals surface area contributed by atoms with Crippen molar-refractivity contribution in [2.24, 2.45) is 5.92 Å². The Morgan fingerprint density at radius 1 is 1.08 bits per heavy atom. The lowest BCUT2D eigenvalue weighted by Gasteiger charge is -2.33. The molecule has 0 bridgehead atoms. The number of para-hydroxylation sites is 2. The molecule has 0 aliphatic carbocycles. The minimum Gasteiger partial charge on any atom is -0.314 e. The van der Waals surface area contributed by atoms with Crippen LogP contribution in [0.5, 0.6) is 0 Å². The second-order valence-corrected chi connectivity index (χ2v) is 9.75. The first-order valence-corrected chi connectivity index (χ1v) is 12.8. The molecule has 2 amide bonds. The van der Waals surface area contributed by atoms with Crippen LogP contribution in [0.3, 0.4) is 0 Å². The van der Waals surface area contributed by atoms with Crippen molar-refractivity contribution in [3.05, 3.63) is 99.8 Å². The van der Waals surface area contributed by atoms with Crippen molar-refractivity contribution in [1.82, 2.24) is 14.5 Å².